The molecule has 1 aromatic carbocycles. The highest BCUT2D eigenvalue weighted by atomic mass is 16.4. The smallest absolute Gasteiger partial charge is 0.328 e. The number of pyridine rings is 1. The van der Waals surface area contributed by atoms with Crippen molar-refractivity contribution in [3.63, 3.8) is 0 Å². The average Bonchev–Trinajstić information content (AvgIpc) is 2.89. The molecule has 36 heavy (non-hydrogen) atoms. The van der Waals surface area contributed by atoms with Gasteiger partial charge in [0.05, 0.1) is 5.41 Å². The molecule has 2 heterocycles. The largest absolute Gasteiger partial charge is 0.478 e. The van der Waals surface area contributed by atoms with Crippen molar-refractivity contribution in [3.05, 3.63) is 72.3 Å². The maximum atomic E-state index is 13.6. The number of carbonyl (C=O) groups excluding carboxylic acids is 1. The molecular weight excluding hydrogens is 454 g/mol. The minimum absolute atomic E-state index is 0.0541. The fraction of sp³-hybridized carbons (Fsp3) is 0.321. The summed E-state index contributed by atoms with van der Waals surface area (Å²) in [5.41, 5.74) is 2.73. The molecule has 0 atom stereocenters. The van der Waals surface area contributed by atoms with Gasteiger partial charge in [-0.2, -0.15) is 0 Å². The van der Waals surface area contributed by atoms with Gasteiger partial charge in [0.1, 0.15) is 11.6 Å². The van der Waals surface area contributed by atoms with Gasteiger partial charge in [-0.3, -0.25) is 4.79 Å². The van der Waals surface area contributed by atoms with E-state index in [9.17, 15) is 9.59 Å². The van der Waals surface area contributed by atoms with Crippen molar-refractivity contribution in [1.82, 2.24) is 15.0 Å². The summed E-state index contributed by atoms with van der Waals surface area (Å²) in [5, 5.41) is 11.8. The molecule has 1 aliphatic rings. The van der Waals surface area contributed by atoms with E-state index >= 15 is 0 Å². The molecule has 1 fully saturated rings. The predicted molar refractivity (Wildman–Crippen MR) is 141 cm³/mol. The zero-order chi connectivity index (χ0) is 25.5. The maximum Gasteiger partial charge on any atom is 0.328 e. The molecule has 2 aromatic heterocycles. The van der Waals surface area contributed by atoms with E-state index in [2.05, 4.69) is 50.6 Å². The van der Waals surface area contributed by atoms with Crippen molar-refractivity contribution in [2.75, 3.05) is 24.3 Å². The number of carboxylic acids is 1. The first-order valence-corrected chi connectivity index (χ1v) is 12.1. The number of hydrogen-bond donors (Lipinski definition) is 2. The van der Waals surface area contributed by atoms with Gasteiger partial charge in [0.25, 0.3) is 0 Å². The van der Waals surface area contributed by atoms with Gasteiger partial charge in [-0.05, 0) is 54.7 Å². The Labute approximate surface area is 211 Å². The van der Waals surface area contributed by atoms with Gasteiger partial charge >= 0.3 is 5.97 Å². The average molecular weight is 486 g/mol. The summed E-state index contributed by atoms with van der Waals surface area (Å²) in [6, 6.07) is 14.0. The van der Waals surface area contributed by atoms with Crippen LogP contribution in [0.4, 0.5) is 11.6 Å². The zero-order valence-corrected chi connectivity index (χ0v) is 20.6. The Hall–Kier alpha value is -4.07. The van der Waals surface area contributed by atoms with Crippen LogP contribution in [0.15, 0.2) is 60.9 Å². The molecule has 0 spiro atoms. The Morgan fingerprint density at radius 3 is 2.36 bits per heavy atom. The second-order valence-electron chi connectivity index (χ2n) is 9.44. The summed E-state index contributed by atoms with van der Waals surface area (Å²) in [7, 11) is 3.93. The number of benzene rings is 1. The molecule has 1 aliphatic carbocycles. The third-order valence-corrected chi connectivity index (χ3v) is 6.62. The summed E-state index contributed by atoms with van der Waals surface area (Å²) < 4.78 is 0. The fourth-order valence-electron chi connectivity index (χ4n) is 4.66. The minimum atomic E-state index is -1.08. The van der Waals surface area contributed by atoms with Crippen LogP contribution in [0, 0.1) is 5.41 Å². The SMILES string of the molecule is CN(C)c1ccc(-c2ccc(CC3(C(=O)Nc4ccnc(/C=C/C(=O)O)n4)CCCCC3)cc2)cn1. The summed E-state index contributed by atoms with van der Waals surface area (Å²) >= 11 is 0. The lowest BCUT2D eigenvalue weighted by molar-refractivity contribution is -0.131. The van der Waals surface area contributed by atoms with Crippen LogP contribution < -0.4 is 10.2 Å². The van der Waals surface area contributed by atoms with Gasteiger partial charge in [0, 0.05) is 38.1 Å². The molecule has 3 aromatic rings. The van der Waals surface area contributed by atoms with Crippen LogP contribution in [0.2, 0.25) is 0 Å². The van der Waals surface area contributed by atoms with Gasteiger partial charge < -0.3 is 15.3 Å². The topological polar surface area (TPSA) is 108 Å². The maximum absolute atomic E-state index is 13.6. The molecule has 8 heteroatoms. The van der Waals surface area contributed by atoms with Gasteiger partial charge in [-0.15, -0.1) is 0 Å². The van der Waals surface area contributed by atoms with E-state index in [1.54, 1.807) is 6.07 Å². The Balaban J connectivity index is 1.50. The van der Waals surface area contributed by atoms with Crippen molar-refractivity contribution < 1.29 is 14.7 Å². The lowest BCUT2D eigenvalue weighted by atomic mass is 9.69. The van der Waals surface area contributed by atoms with E-state index in [1.165, 1.54) is 12.3 Å². The minimum Gasteiger partial charge on any atom is -0.478 e. The number of aliphatic carboxylic acids is 1. The van der Waals surface area contributed by atoms with Crippen molar-refractivity contribution >= 4 is 29.6 Å². The second-order valence-corrected chi connectivity index (χ2v) is 9.44. The van der Waals surface area contributed by atoms with E-state index in [0.29, 0.717) is 12.2 Å². The first-order chi connectivity index (χ1) is 17.3. The summed E-state index contributed by atoms with van der Waals surface area (Å²) in [5.74, 6) is 0.378. The number of carboxylic acid groups (broad SMARTS) is 1. The Bertz CT molecular complexity index is 1230. The Morgan fingerprint density at radius 1 is 1.00 bits per heavy atom. The Morgan fingerprint density at radius 2 is 1.72 bits per heavy atom. The molecular formula is C28H31N5O3. The number of hydrogen-bond acceptors (Lipinski definition) is 6. The normalized spacial score (nSPS) is 14.9. The van der Waals surface area contributed by atoms with E-state index in [1.807, 2.05) is 31.3 Å². The van der Waals surface area contributed by atoms with Crippen molar-refractivity contribution in [1.29, 1.82) is 0 Å². The number of rotatable bonds is 8. The van der Waals surface area contributed by atoms with E-state index < -0.39 is 11.4 Å². The first kappa shape index (κ1) is 25.0. The zero-order valence-electron chi connectivity index (χ0n) is 20.6. The quantitative estimate of drug-likeness (QED) is 0.440. The van der Waals surface area contributed by atoms with Crippen LogP contribution in [0.3, 0.4) is 0 Å². The van der Waals surface area contributed by atoms with E-state index in [0.717, 1.165) is 60.7 Å². The van der Waals surface area contributed by atoms with Gasteiger partial charge in [0.15, 0.2) is 5.82 Å². The monoisotopic (exact) mass is 485 g/mol. The van der Waals surface area contributed by atoms with Crippen molar-refractivity contribution in [3.8, 4) is 11.1 Å². The molecule has 4 rings (SSSR count). The lowest BCUT2D eigenvalue weighted by Crippen LogP contribution is -2.40. The van der Waals surface area contributed by atoms with E-state index in [4.69, 9.17) is 5.11 Å². The fourth-order valence-corrected chi connectivity index (χ4v) is 4.66. The number of carbonyl (C=O) groups is 2. The van der Waals surface area contributed by atoms with Crippen LogP contribution in [0.1, 0.15) is 43.5 Å². The molecule has 186 valence electrons. The number of nitrogens with one attached hydrogen (secondary N) is 1. The van der Waals surface area contributed by atoms with Crippen molar-refractivity contribution in [2.45, 2.75) is 38.5 Å². The highest BCUT2D eigenvalue weighted by Crippen LogP contribution is 2.40. The number of aromatic nitrogens is 3. The number of anilines is 2. The Kier molecular flexibility index (Phi) is 7.73. The molecule has 0 aliphatic heterocycles. The number of amides is 1. The first-order valence-electron chi connectivity index (χ1n) is 12.1. The lowest BCUT2D eigenvalue weighted by Gasteiger charge is -2.36. The molecule has 8 nitrogen and oxygen atoms in total. The predicted octanol–water partition coefficient (Wildman–Crippen LogP) is 4.83. The molecule has 1 saturated carbocycles. The van der Waals surface area contributed by atoms with Gasteiger partial charge in [-0.25, -0.2) is 19.7 Å². The van der Waals surface area contributed by atoms with Gasteiger partial charge in [-0.1, -0.05) is 43.5 Å². The molecule has 0 radical (unpaired) electrons. The standard InChI is InChI=1S/C28H31N5O3/c1-33(2)25-12-10-22(19-30-25)21-8-6-20(7-9-21)18-28(15-4-3-5-16-28)27(36)32-24-14-17-29-23(31-24)11-13-26(34)35/h6-14,17,19H,3-5,15-16,18H2,1-2H3,(H,34,35)(H,29,31,32,36)/b13-11+. The summed E-state index contributed by atoms with van der Waals surface area (Å²) in [6.07, 6.45) is 11.1. The van der Waals surface area contributed by atoms with Crippen molar-refractivity contribution in [2.24, 2.45) is 5.41 Å². The second kappa shape index (κ2) is 11.1. The van der Waals surface area contributed by atoms with Crippen LogP contribution in [-0.2, 0) is 16.0 Å². The van der Waals surface area contributed by atoms with E-state index in [-0.39, 0.29) is 11.7 Å². The summed E-state index contributed by atoms with van der Waals surface area (Å²) in [4.78, 5) is 39.1. The third-order valence-electron chi connectivity index (χ3n) is 6.62. The van der Waals surface area contributed by atoms with Crippen LogP contribution >= 0.6 is 0 Å². The van der Waals surface area contributed by atoms with Crippen LogP contribution in [-0.4, -0.2) is 46.0 Å². The highest BCUT2D eigenvalue weighted by Gasteiger charge is 2.39. The summed E-state index contributed by atoms with van der Waals surface area (Å²) in [6.45, 7) is 0. The highest BCUT2D eigenvalue weighted by molar-refractivity contribution is 5.95. The third kappa shape index (κ3) is 6.13. The van der Waals surface area contributed by atoms with Gasteiger partial charge in [0.2, 0.25) is 5.91 Å². The molecule has 0 bridgehead atoms. The molecule has 0 unspecified atom stereocenters. The van der Waals surface area contributed by atoms with Crippen LogP contribution in [0.5, 0.6) is 0 Å². The number of nitrogens with zero attached hydrogens (tertiary/aromatic N) is 4. The van der Waals surface area contributed by atoms with Crippen LogP contribution in [0.25, 0.3) is 17.2 Å². The molecule has 0 saturated heterocycles. The molecule has 1 amide bonds. The molecule has 2 N–H and O–H groups in total.